The van der Waals surface area contributed by atoms with E-state index in [4.69, 9.17) is 11.6 Å². The van der Waals surface area contributed by atoms with Gasteiger partial charge in [-0.25, -0.2) is 0 Å². The van der Waals surface area contributed by atoms with Crippen LogP contribution in [0, 0.1) is 0 Å². The molecule has 19 heavy (non-hydrogen) atoms. The first-order valence-corrected chi connectivity index (χ1v) is 6.51. The average Bonchev–Trinajstić information content (AvgIpc) is 2.65. The van der Waals surface area contributed by atoms with Crippen LogP contribution in [0.5, 0.6) is 0 Å². The molecule has 4 nitrogen and oxygen atoms in total. The number of ketones is 1. The van der Waals surface area contributed by atoms with Crippen molar-refractivity contribution in [1.82, 2.24) is 9.78 Å². The second-order valence-corrected chi connectivity index (χ2v) is 4.80. The van der Waals surface area contributed by atoms with Crippen LogP contribution in [0.3, 0.4) is 0 Å². The second kappa shape index (κ2) is 5.45. The molecular weight excluding hydrogens is 264 g/mol. The van der Waals surface area contributed by atoms with E-state index in [1.165, 1.54) is 4.68 Å². The first kappa shape index (κ1) is 13.6. The minimum absolute atomic E-state index is 0.192. The fourth-order valence-corrected chi connectivity index (χ4v) is 2.27. The third-order valence-corrected chi connectivity index (χ3v) is 3.30. The van der Waals surface area contributed by atoms with Crippen LogP contribution in [0.15, 0.2) is 29.1 Å². The van der Waals surface area contributed by atoms with E-state index in [0.717, 1.165) is 6.42 Å². The molecule has 1 N–H and O–H groups in total. The Balaban J connectivity index is 2.56. The summed E-state index contributed by atoms with van der Waals surface area (Å²) in [5.74, 6) is -0.323. The van der Waals surface area contributed by atoms with Crippen LogP contribution in [-0.4, -0.2) is 15.6 Å². The highest BCUT2D eigenvalue weighted by Gasteiger charge is 2.22. The van der Waals surface area contributed by atoms with Crippen LogP contribution in [-0.2, 0) is 13.5 Å². The van der Waals surface area contributed by atoms with Gasteiger partial charge in [-0.15, -0.1) is 0 Å². The highest BCUT2D eigenvalue weighted by Crippen LogP contribution is 2.19. The van der Waals surface area contributed by atoms with E-state index in [1.54, 1.807) is 31.3 Å². The maximum atomic E-state index is 12.5. The molecule has 0 aliphatic rings. The molecule has 1 heterocycles. The topological polar surface area (TPSA) is 54.9 Å². The minimum Gasteiger partial charge on any atom is -0.299 e. The van der Waals surface area contributed by atoms with Crippen molar-refractivity contribution in [3.8, 4) is 0 Å². The standard InChI is InChI=1S/C14H15ClN2O2/c1-3-6-11-12(14(19)17(2)16-11)13(18)9-7-4-5-8-10(9)15/h4-5,7-8,16H,3,6H2,1-2H3. The molecule has 0 saturated heterocycles. The van der Waals surface area contributed by atoms with Crippen molar-refractivity contribution in [2.24, 2.45) is 7.05 Å². The number of hydrogen-bond donors (Lipinski definition) is 1. The number of nitrogens with zero attached hydrogens (tertiary/aromatic N) is 1. The molecular formula is C14H15ClN2O2. The lowest BCUT2D eigenvalue weighted by Crippen LogP contribution is -2.20. The van der Waals surface area contributed by atoms with Crippen molar-refractivity contribution in [3.63, 3.8) is 0 Å². The zero-order valence-electron chi connectivity index (χ0n) is 10.9. The van der Waals surface area contributed by atoms with Gasteiger partial charge in [0.25, 0.3) is 5.56 Å². The van der Waals surface area contributed by atoms with Crippen molar-refractivity contribution >= 4 is 17.4 Å². The van der Waals surface area contributed by atoms with Crippen LogP contribution < -0.4 is 5.56 Å². The summed E-state index contributed by atoms with van der Waals surface area (Å²) >= 11 is 6.02. The van der Waals surface area contributed by atoms with Crippen molar-refractivity contribution in [1.29, 1.82) is 0 Å². The number of halogens is 1. The maximum absolute atomic E-state index is 12.5. The van der Waals surface area contributed by atoms with E-state index in [1.807, 2.05) is 6.92 Å². The number of aromatic amines is 1. The molecule has 0 radical (unpaired) electrons. The van der Waals surface area contributed by atoms with Gasteiger partial charge >= 0.3 is 0 Å². The number of hydrogen-bond acceptors (Lipinski definition) is 2. The fraction of sp³-hybridized carbons (Fsp3) is 0.286. The van der Waals surface area contributed by atoms with Crippen LogP contribution in [0.2, 0.25) is 5.02 Å². The zero-order valence-corrected chi connectivity index (χ0v) is 11.6. The summed E-state index contributed by atoms with van der Waals surface area (Å²) in [7, 11) is 1.60. The predicted molar refractivity (Wildman–Crippen MR) is 74.9 cm³/mol. The monoisotopic (exact) mass is 278 g/mol. The van der Waals surface area contributed by atoms with Crippen molar-refractivity contribution < 1.29 is 4.79 Å². The Bertz CT molecular complexity index is 670. The molecule has 0 bridgehead atoms. The number of aromatic nitrogens is 2. The molecule has 0 amide bonds. The second-order valence-electron chi connectivity index (χ2n) is 4.39. The lowest BCUT2D eigenvalue weighted by Gasteiger charge is -2.02. The van der Waals surface area contributed by atoms with Gasteiger partial charge in [-0.2, -0.15) is 0 Å². The van der Waals surface area contributed by atoms with Crippen LogP contribution in [0.4, 0.5) is 0 Å². The number of carbonyl (C=O) groups excluding carboxylic acids is 1. The normalized spacial score (nSPS) is 10.7. The van der Waals surface area contributed by atoms with E-state index in [-0.39, 0.29) is 16.9 Å². The molecule has 2 aromatic rings. The maximum Gasteiger partial charge on any atom is 0.277 e. The van der Waals surface area contributed by atoms with E-state index in [2.05, 4.69) is 5.10 Å². The molecule has 2 rings (SSSR count). The summed E-state index contributed by atoms with van der Waals surface area (Å²) in [6.07, 6.45) is 1.50. The molecule has 0 aliphatic carbocycles. The number of rotatable bonds is 4. The third kappa shape index (κ3) is 2.49. The highest BCUT2D eigenvalue weighted by atomic mass is 35.5. The quantitative estimate of drug-likeness (QED) is 0.874. The third-order valence-electron chi connectivity index (χ3n) is 2.97. The minimum atomic E-state index is -0.323. The summed E-state index contributed by atoms with van der Waals surface area (Å²) in [6.45, 7) is 2.00. The Labute approximate surface area is 116 Å². The Kier molecular flexibility index (Phi) is 3.90. The van der Waals surface area contributed by atoms with E-state index >= 15 is 0 Å². The van der Waals surface area contributed by atoms with Crippen LogP contribution in [0.25, 0.3) is 0 Å². The molecule has 0 unspecified atom stereocenters. The van der Waals surface area contributed by atoms with Crippen LogP contribution >= 0.6 is 11.6 Å². The number of benzene rings is 1. The van der Waals surface area contributed by atoms with Gasteiger partial charge in [0, 0.05) is 18.3 Å². The average molecular weight is 279 g/mol. The van der Waals surface area contributed by atoms with Gasteiger partial charge in [-0.3, -0.25) is 19.4 Å². The van der Waals surface area contributed by atoms with Gasteiger partial charge in [-0.1, -0.05) is 37.1 Å². The molecule has 1 aromatic carbocycles. The zero-order chi connectivity index (χ0) is 14.0. The Morgan fingerprint density at radius 2 is 2.05 bits per heavy atom. The molecule has 5 heteroatoms. The Hall–Kier alpha value is -1.81. The number of H-pyrrole nitrogens is 1. The number of carbonyl (C=O) groups is 1. The van der Waals surface area contributed by atoms with Crippen molar-refractivity contribution in [2.75, 3.05) is 0 Å². The van der Waals surface area contributed by atoms with Crippen molar-refractivity contribution in [2.45, 2.75) is 19.8 Å². The Morgan fingerprint density at radius 3 is 2.68 bits per heavy atom. The van der Waals surface area contributed by atoms with E-state index in [0.29, 0.717) is 22.7 Å². The molecule has 0 fully saturated rings. The lowest BCUT2D eigenvalue weighted by molar-refractivity contribution is 0.103. The van der Waals surface area contributed by atoms with E-state index in [9.17, 15) is 9.59 Å². The highest BCUT2D eigenvalue weighted by molar-refractivity contribution is 6.35. The lowest BCUT2D eigenvalue weighted by atomic mass is 10.0. The van der Waals surface area contributed by atoms with Gasteiger partial charge in [0.1, 0.15) is 5.56 Å². The van der Waals surface area contributed by atoms with Gasteiger partial charge in [0.05, 0.1) is 5.02 Å². The van der Waals surface area contributed by atoms with Gasteiger partial charge in [0.2, 0.25) is 5.78 Å². The number of nitrogens with one attached hydrogen (secondary N) is 1. The van der Waals surface area contributed by atoms with Gasteiger partial charge < -0.3 is 0 Å². The summed E-state index contributed by atoms with van der Waals surface area (Å²) in [6, 6.07) is 6.76. The van der Waals surface area contributed by atoms with Gasteiger partial charge in [-0.05, 0) is 18.6 Å². The summed E-state index contributed by atoms with van der Waals surface area (Å²) in [4.78, 5) is 24.5. The molecule has 0 spiro atoms. The molecule has 0 aliphatic heterocycles. The molecule has 0 atom stereocenters. The largest absolute Gasteiger partial charge is 0.299 e. The fourth-order valence-electron chi connectivity index (χ4n) is 2.05. The predicted octanol–water partition coefficient (Wildman–Crippen LogP) is 2.55. The Morgan fingerprint density at radius 1 is 1.37 bits per heavy atom. The SMILES string of the molecule is CCCc1[nH]n(C)c(=O)c1C(=O)c1ccccc1Cl. The molecule has 100 valence electrons. The number of aryl methyl sites for hydroxylation is 2. The van der Waals surface area contributed by atoms with E-state index < -0.39 is 0 Å². The first-order valence-electron chi connectivity index (χ1n) is 6.13. The summed E-state index contributed by atoms with van der Waals surface area (Å²) < 4.78 is 1.33. The molecule has 1 aromatic heterocycles. The van der Waals surface area contributed by atoms with Crippen molar-refractivity contribution in [3.05, 3.63) is 56.5 Å². The summed E-state index contributed by atoms with van der Waals surface area (Å²) in [5.41, 5.74) is 0.906. The first-order chi connectivity index (χ1) is 9.06. The van der Waals surface area contributed by atoms with Crippen LogP contribution in [0.1, 0.15) is 35.0 Å². The van der Waals surface area contributed by atoms with Gasteiger partial charge in [0.15, 0.2) is 0 Å². The summed E-state index contributed by atoms with van der Waals surface area (Å²) in [5, 5.41) is 3.28. The molecule has 0 saturated carbocycles. The smallest absolute Gasteiger partial charge is 0.277 e.